The molecule has 8 heteroatoms. The minimum absolute atomic E-state index is 0.404. The molecule has 0 atom stereocenters. The third-order valence-electron chi connectivity index (χ3n) is 5.82. The zero-order chi connectivity index (χ0) is 25.1. The van der Waals surface area contributed by atoms with Crippen molar-refractivity contribution >= 4 is 98.7 Å². The topological polar surface area (TPSA) is 51.6 Å². The second-order valence-corrected chi connectivity index (χ2v) is 9.82. The van der Waals surface area contributed by atoms with Gasteiger partial charge in [0.25, 0.3) is 0 Å². The Morgan fingerprint density at radius 1 is 0.417 bits per heavy atom. The lowest BCUT2D eigenvalue weighted by Crippen LogP contribution is -1.92. The number of pyridine rings is 4. The van der Waals surface area contributed by atoms with Crippen molar-refractivity contribution in [2.75, 3.05) is 0 Å². The number of aromatic nitrogens is 4. The predicted octanol–water partition coefficient (Wildman–Crippen LogP) is 8.83. The molecule has 4 heterocycles. The van der Waals surface area contributed by atoms with Crippen molar-refractivity contribution < 1.29 is 0 Å². The third kappa shape index (κ3) is 5.18. The van der Waals surface area contributed by atoms with Gasteiger partial charge >= 0.3 is 0 Å². The Morgan fingerprint density at radius 2 is 0.667 bits per heavy atom. The number of benzene rings is 2. The molecule has 0 aliphatic rings. The van der Waals surface area contributed by atoms with Gasteiger partial charge in [0.1, 0.15) is 0 Å². The molecule has 0 aliphatic carbocycles. The van der Waals surface area contributed by atoms with Crippen LogP contribution in [-0.4, -0.2) is 19.9 Å². The first kappa shape index (κ1) is 25.3. The summed E-state index contributed by atoms with van der Waals surface area (Å²) in [5, 5.41) is 5.92. The maximum absolute atomic E-state index is 5.83. The summed E-state index contributed by atoms with van der Waals surface area (Å²) in [6, 6.07) is 24.5. The molecule has 0 fully saturated rings. The molecule has 0 radical (unpaired) electrons. The van der Waals surface area contributed by atoms with E-state index in [1.807, 2.05) is 48.5 Å². The molecule has 2 aromatic carbocycles. The highest BCUT2D eigenvalue weighted by Crippen LogP contribution is 2.25. The number of rotatable bonds is 4. The molecule has 0 N–H and O–H groups in total. The maximum Gasteiger partial charge on any atom is 0.0968 e. The lowest BCUT2D eigenvalue weighted by Gasteiger charge is -2.05. The minimum Gasteiger partial charge on any atom is -0.250 e. The van der Waals surface area contributed by atoms with Crippen LogP contribution in [0.15, 0.2) is 72.8 Å². The molecule has 0 saturated heterocycles. The Balaban J connectivity index is 0.000000148. The van der Waals surface area contributed by atoms with Gasteiger partial charge in [-0.15, -0.1) is 23.2 Å². The summed E-state index contributed by atoms with van der Waals surface area (Å²) in [5.41, 5.74) is 7.50. The van der Waals surface area contributed by atoms with Gasteiger partial charge in [-0.25, -0.2) is 19.9 Å². The molecule has 4 aromatic heterocycles. The highest BCUT2D eigenvalue weighted by atomic mass is 79.9. The molecule has 6 rings (SSSR count). The van der Waals surface area contributed by atoms with E-state index in [-0.39, 0.29) is 0 Å². The lowest BCUT2D eigenvalue weighted by atomic mass is 10.1. The van der Waals surface area contributed by atoms with Gasteiger partial charge in [0, 0.05) is 32.2 Å². The van der Waals surface area contributed by atoms with Gasteiger partial charge in [-0.05, 0) is 24.3 Å². The molecule has 4 nitrogen and oxygen atoms in total. The fraction of sp³-hybridized carbons (Fsp3) is 0.143. The summed E-state index contributed by atoms with van der Waals surface area (Å²) < 4.78 is 0. The van der Waals surface area contributed by atoms with Crippen LogP contribution in [0, 0.1) is 0 Å². The molecular weight excluding hydrogens is 623 g/mol. The largest absolute Gasteiger partial charge is 0.250 e. The fourth-order valence-corrected chi connectivity index (χ4v) is 4.92. The highest BCUT2D eigenvalue weighted by Gasteiger charge is 2.07. The Labute approximate surface area is 235 Å². The van der Waals surface area contributed by atoms with Crippen LogP contribution >= 0.6 is 55.1 Å². The average molecular weight is 643 g/mol. The zero-order valence-corrected chi connectivity index (χ0v) is 23.7. The fourth-order valence-electron chi connectivity index (χ4n) is 3.99. The Hall–Kier alpha value is -2.38. The van der Waals surface area contributed by atoms with E-state index in [1.54, 1.807) is 0 Å². The van der Waals surface area contributed by atoms with Crippen molar-refractivity contribution in [3.8, 4) is 0 Å². The highest BCUT2D eigenvalue weighted by molar-refractivity contribution is 9.08. The van der Waals surface area contributed by atoms with Crippen LogP contribution in [0.3, 0.4) is 0 Å². The van der Waals surface area contributed by atoms with Gasteiger partial charge in [0.2, 0.25) is 0 Å². The average Bonchev–Trinajstić information content (AvgIpc) is 2.96. The van der Waals surface area contributed by atoms with E-state index in [0.717, 1.165) is 77.0 Å². The lowest BCUT2D eigenvalue weighted by molar-refractivity contribution is 1.19. The molecule has 36 heavy (non-hydrogen) atoms. The number of hydrogen-bond acceptors (Lipinski definition) is 4. The second-order valence-electron chi connectivity index (χ2n) is 8.16. The van der Waals surface area contributed by atoms with Crippen LogP contribution in [0.1, 0.15) is 22.8 Å². The number of fused-ring (bicyclic) bond motifs is 6. The first-order valence-corrected chi connectivity index (χ1v) is 14.5. The van der Waals surface area contributed by atoms with Crippen molar-refractivity contribution in [3.05, 3.63) is 95.6 Å². The molecule has 0 amide bonds. The maximum atomic E-state index is 5.83. The van der Waals surface area contributed by atoms with Crippen LogP contribution in [0.4, 0.5) is 0 Å². The van der Waals surface area contributed by atoms with Gasteiger partial charge in [-0.2, -0.15) is 0 Å². The van der Waals surface area contributed by atoms with Gasteiger partial charge in [-0.3, -0.25) is 0 Å². The first-order chi connectivity index (χ1) is 17.6. The summed E-state index contributed by atoms with van der Waals surface area (Å²) in [6.07, 6.45) is 0. The molecule has 0 aliphatic heterocycles. The number of nitrogens with zero attached hydrogens (tertiary/aromatic N) is 4. The van der Waals surface area contributed by atoms with Crippen molar-refractivity contribution in [2.24, 2.45) is 0 Å². The van der Waals surface area contributed by atoms with E-state index >= 15 is 0 Å². The standard InChI is InChI=1S/C14H10Br2N2.C14H10Cl2N2/c2*15-7-11-5-3-9-1-2-10-4-6-12(8-16)18-14(10)13(9)17-11/h2*1-6H,7-8H2. The van der Waals surface area contributed by atoms with Crippen LogP contribution < -0.4 is 0 Å². The van der Waals surface area contributed by atoms with Gasteiger partial charge < -0.3 is 0 Å². The van der Waals surface area contributed by atoms with Crippen LogP contribution in [-0.2, 0) is 22.4 Å². The van der Waals surface area contributed by atoms with Crippen LogP contribution in [0.25, 0.3) is 43.6 Å². The summed E-state index contributed by atoms with van der Waals surface area (Å²) >= 11 is 18.6. The molecule has 0 saturated carbocycles. The zero-order valence-electron chi connectivity index (χ0n) is 19.1. The van der Waals surface area contributed by atoms with E-state index in [2.05, 4.69) is 76.1 Å². The number of halogens is 4. The smallest absolute Gasteiger partial charge is 0.0968 e. The Bertz CT molecular complexity index is 1460. The minimum atomic E-state index is 0.404. The first-order valence-electron chi connectivity index (χ1n) is 11.2. The van der Waals surface area contributed by atoms with E-state index in [0.29, 0.717) is 11.8 Å². The van der Waals surface area contributed by atoms with Crippen molar-refractivity contribution in [2.45, 2.75) is 22.4 Å². The molecule has 6 aromatic rings. The number of hydrogen-bond donors (Lipinski definition) is 0. The van der Waals surface area contributed by atoms with Crippen molar-refractivity contribution in [3.63, 3.8) is 0 Å². The second kappa shape index (κ2) is 11.3. The monoisotopic (exact) mass is 640 g/mol. The van der Waals surface area contributed by atoms with Gasteiger partial charge in [-0.1, -0.05) is 80.4 Å². The van der Waals surface area contributed by atoms with Crippen molar-refractivity contribution in [1.29, 1.82) is 0 Å². The predicted molar refractivity (Wildman–Crippen MR) is 158 cm³/mol. The normalized spacial score (nSPS) is 11.2. The number of alkyl halides is 4. The van der Waals surface area contributed by atoms with Crippen molar-refractivity contribution in [1.82, 2.24) is 19.9 Å². The van der Waals surface area contributed by atoms with E-state index in [9.17, 15) is 0 Å². The van der Waals surface area contributed by atoms with Crippen LogP contribution in [0.5, 0.6) is 0 Å². The molecule has 180 valence electrons. The SMILES string of the molecule is BrCc1ccc2ccc3ccc(CBr)nc3c2n1.ClCc1ccc2ccc3ccc(CCl)nc3c2n1. The van der Waals surface area contributed by atoms with E-state index in [4.69, 9.17) is 23.2 Å². The Kier molecular flexibility index (Phi) is 7.96. The van der Waals surface area contributed by atoms with Gasteiger partial charge in [0.05, 0.1) is 56.6 Å². The van der Waals surface area contributed by atoms with E-state index < -0.39 is 0 Å². The summed E-state index contributed by atoms with van der Waals surface area (Å²) in [6.45, 7) is 0. The quantitative estimate of drug-likeness (QED) is 0.142. The molecular formula is C28H20Br2Cl2N4. The van der Waals surface area contributed by atoms with Crippen LogP contribution in [0.2, 0.25) is 0 Å². The molecule has 0 spiro atoms. The summed E-state index contributed by atoms with van der Waals surface area (Å²) in [7, 11) is 0. The van der Waals surface area contributed by atoms with Gasteiger partial charge in [0.15, 0.2) is 0 Å². The summed E-state index contributed by atoms with van der Waals surface area (Å²) in [5.74, 6) is 0.809. The van der Waals surface area contributed by atoms with E-state index in [1.165, 1.54) is 0 Å². The summed E-state index contributed by atoms with van der Waals surface area (Å²) in [4.78, 5) is 18.5. The Morgan fingerprint density at radius 3 is 0.944 bits per heavy atom. The molecule has 0 unspecified atom stereocenters. The molecule has 0 bridgehead atoms. The third-order valence-corrected chi connectivity index (χ3v) is 7.51.